The largest absolute Gasteiger partial charge is 0.379 e. The molecule has 1 N–H and O–H groups in total. The third-order valence-corrected chi connectivity index (χ3v) is 5.43. The summed E-state index contributed by atoms with van der Waals surface area (Å²) >= 11 is 0. The molecule has 0 unspecified atom stereocenters. The number of nitrogens with zero attached hydrogens (tertiary/aromatic N) is 1. The second-order valence-electron chi connectivity index (χ2n) is 7.33. The molecule has 0 radical (unpaired) electrons. The number of amides is 2. The zero-order valence-corrected chi connectivity index (χ0v) is 14.5. The zero-order chi connectivity index (χ0) is 16.8. The van der Waals surface area contributed by atoms with E-state index in [1.807, 2.05) is 0 Å². The van der Waals surface area contributed by atoms with Crippen molar-refractivity contribution in [1.82, 2.24) is 10.2 Å². The average Bonchev–Trinajstić information content (AvgIpc) is 2.72. The van der Waals surface area contributed by atoms with Crippen LogP contribution in [0, 0.1) is 5.92 Å². The minimum atomic E-state index is -0.0746. The first kappa shape index (κ1) is 17.7. The Hall–Kier alpha value is -1.14. The van der Waals surface area contributed by atoms with Crippen LogP contribution in [0.1, 0.15) is 51.4 Å². The summed E-state index contributed by atoms with van der Waals surface area (Å²) in [6, 6.07) is -0.00610. The molecule has 0 bridgehead atoms. The van der Waals surface area contributed by atoms with E-state index >= 15 is 0 Å². The Kier molecular flexibility index (Phi) is 6.49. The molecule has 2 aliphatic heterocycles. The second-order valence-corrected chi connectivity index (χ2v) is 7.33. The summed E-state index contributed by atoms with van der Waals surface area (Å²) < 4.78 is 11.5. The lowest BCUT2D eigenvalue weighted by molar-refractivity contribution is -0.137. The normalized spacial score (nSPS) is 29.0. The smallest absolute Gasteiger partial charge is 0.239 e. The lowest BCUT2D eigenvalue weighted by Crippen LogP contribution is -2.53. The summed E-state index contributed by atoms with van der Waals surface area (Å²) in [6.07, 6.45) is 8.08. The fourth-order valence-electron chi connectivity index (χ4n) is 3.59. The van der Waals surface area contributed by atoms with Gasteiger partial charge in [-0.15, -0.1) is 0 Å². The summed E-state index contributed by atoms with van der Waals surface area (Å²) in [5.41, 5.74) is 0. The number of nitrogens with one attached hydrogen (secondary N) is 1. The van der Waals surface area contributed by atoms with Crippen molar-refractivity contribution >= 4 is 11.8 Å². The maximum atomic E-state index is 12.4. The minimum absolute atomic E-state index is 0.00610. The van der Waals surface area contributed by atoms with Gasteiger partial charge in [0.2, 0.25) is 11.8 Å². The average molecular weight is 338 g/mol. The van der Waals surface area contributed by atoms with Gasteiger partial charge in [-0.05, 0) is 38.0 Å². The zero-order valence-electron chi connectivity index (χ0n) is 14.5. The van der Waals surface area contributed by atoms with Gasteiger partial charge in [-0.25, -0.2) is 0 Å². The van der Waals surface area contributed by atoms with Crippen LogP contribution < -0.4 is 5.32 Å². The van der Waals surface area contributed by atoms with Crippen molar-refractivity contribution in [3.05, 3.63) is 0 Å². The minimum Gasteiger partial charge on any atom is -0.379 e. The van der Waals surface area contributed by atoms with Gasteiger partial charge >= 0.3 is 0 Å². The summed E-state index contributed by atoms with van der Waals surface area (Å²) in [4.78, 5) is 26.1. The molecule has 3 aliphatic rings. The molecule has 1 saturated carbocycles. The van der Waals surface area contributed by atoms with E-state index in [1.165, 1.54) is 19.3 Å². The molecule has 0 aromatic rings. The maximum Gasteiger partial charge on any atom is 0.239 e. The lowest BCUT2D eigenvalue weighted by atomic mass is 9.86. The molecule has 3 fully saturated rings. The molecule has 2 amide bonds. The Labute approximate surface area is 144 Å². The number of carbonyl (C=O) groups excluding carboxylic acids is 2. The van der Waals surface area contributed by atoms with Gasteiger partial charge in [0, 0.05) is 26.2 Å². The first-order chi connectivity index (χ1) is 11.7. The van der Waals surface area contributed by atoms with E-state index in [0.717, 1.165) is 32.3 Å². The van der Waals surface area contributed by atoms with Crippen molar-refractivity contribution < 1.29 is 19.1 Å². The number of hydrogen-bond acceptors (Lipinski definition) is 4. The number of likely N-dealkylation sites (tertiary alicyclic amines) is 1. The molecule has 0 aromatic heterocycles. The molecule has 0 aromatic carbocycles. The molecular weight excluding hydrogens is 308 g/mol. The summed E-state index contributed by atoms with van der Waals surface area (Å²) in [7, 11) is 0. The van der Waals surface area contributed by atoms with Gasteiger partial charge in [-0.3, -0.25) is 9.59 Å². The van der Waals surface area contributed by atoms with Crippen LogP contribution in [0.5, 0.6) is 0 Å². The van der Waals surface area contributed by atoms with Gasteiger partial charge in [0.15, 0.2) is 0 Å². The van der Waals surface area contributed by atoms with E-state index in [2.05, 4.69) is 5.32 Å². The summed E-state index contributed by atoms with van der Waals surface area (Å²) in [5, 5.41) is 3.08. The van der Waals surface area contributed by atoms with Gasteiger partial charge < -0.3 is 19.7 Å². The predicted octanol–water partition coefficient (Wildman–Crippen LogP) is 1.48. The number of carbonyl (C=O) groups is 2. The monoisotopic (exact) mass is 338 g/mol. The van der Waals surface area contributed by atoms with Crippen molar-refractivity contribution in [2.75, 3.05) is 32.9 Å². The van der Waals surface area contributed by atoms with Crippen LogP contribution in [-0.4, -0.2) is 61.8 Å². The molecule has 1 aliphatic carbocycles. The molecule has 2 saturated heterocycles. The van der Waals surface area contributed by atoms with Gasteiger partial charge in [-0.1, -0.05) is 12.8 Å². The highest BCUT2D eigenvalue weighted by Crippen LogP contribution is 2.27. The van der Waals surface area contributed by atoms with E-state index in [0.29, 0.717) is 32.1 Å². The van der Waals surface area contributed by atoms with E-state index in [9.17, 15) is 9.59 Å². The molecule has 136 valence electrons. The van der Waals surface area contributed by atoms with Gasteiger partial charge in [0.25, 0.3) is 0 Å². The molecule has 6 nitrogen and oxygen atoms in total. The number of ether oxygens (including phenoxy) is 2. The van der Waals surface area contributed by atoms with E-state index in [1.54, 1.807) is 4.90 Å². The van der Waals surface area contributed by atoms with Crippen molar-refractivity contribution in [2.24, 2.45) is 5.92 Å². The summed E-state index contributed by atoms with van der Waals surface area (Å²) in [6.45, 7) is 2.83. The highest BCUT2D eigenvalue weighted by atomic mass is 16.5. The first-order valence-corrected chi connectivity index (χ1v) is 9.49. The van der Waals surface area contributed by atoms with Crippen LogP contribution in [0.2, 0.25) is 0 Å². The van der Waals surface area contributed by atoms with Crippen molar-refractivity contribution in [2.45, 2.75) is 63.5 Å². The van der Waals surface area contributed by atoms with Crippen molar-refractivity contribution in [1.29, 1.82) is 0 Å². The highest BCUT2D eigenvalue weighted by Gasteiger charge is 2.30. The fraction of sp³-hybridized carbons (Fsp3) is 0.889. The van der Waals surface area contributed by atoms with Crippen LogP contribution in [0.25, 0.3) is 0 Å². The Morgan fingerprint density at radius 2 is 2.08 bits per heavy atom. The van der Waals surface area contributed by atoms with Crippen LogP contribution >= 0.6 is 0 Å². The highest BCUT2D eigenvalue weighted by molar-refractivity contribution is 5.85. The van der Waals surface area contributed by atoms with Gasteiger partial charge in [0.05, 0.1) is 19.2 Å². The van der Waals surface area contributed by atoms with Crippen LogP contribution in [0.3, 0.4) is 0 Å². The third-order valence-electron chi connectivity index (χ3n) is 5.43. The first-order valence-electron chi connectivity index (χ1n) is 9.49. The van der Waals surface area contributed by atoms with Gasteiger partial charge in [-0.2, -0.15) is 0 Å². The summed E-state index contributed by atoms with van der Waals surface area (Å²) in [5.74, 6) is 0.708. The van der Waals surface area contributed by atoms with Gasteiger partial charge in [0.1, 0.15) is 6.10 Å². The second kappa shape index (κ2) is 8.81. The lowest BCUT2D eigenvalue weighted by Gasteiger charge is -2.35. The number of hydrogen-bond donors (Lipinski definition) is 1. The van der Waals surface area contributed by atoms with Crippen LogP contribution in [-0.2, 0) is 19.1 Å². The molecule has 0 spiro atoms. The van der Waals surface area contributed by atoms with E-state index < -0.39 is 0 Å². The Bertz CT molecular complexity index is 439. The van der Waals surface area contributed by atoms with E-state index in [4.69, 9.17) is 9.47 Å². The molecule has 2 atom stereocenters. The van der Waals surface area contributed by atoms with Crippen molar-refractivity contribution in [3.8, 4) is 0 Å². The van der Waals surface area contributed by atoms with Crippen LogP contribution in [0.4, 0.5) is 0 Å². The maximum absolute atomic E-state index is 12.4. The Balaban J connectivity index is 1.46. The molecule has 3 rings (SSSR count). The Morgan fingerprint density at radius 1 is 1.21 bits per heavy atom. The standard InChI is InChI=1S/C18H30N2O4/c21-17(11-20-9-3-1-2-7-18(20)22)19-15-8-10-23-13-16(15)24-12-14-5-4-6-14/h14-16H,1-13H2,(H,19,21)/t15-,16-/m1/s1. The molecule has 24 heavy (non-hydrogen) atoms. The molecule has 6 heteroatoms. The fourth-order valence-corrected chi connectivity index (χ4v) is 3.59. The predicted molar refractivity (Wildman–Crippen MR) is 89.5 cm³/mol. The Morgan fingerprint density at radius 3 is 2.88 bits per heavy atom. The topological polar surface area (TPSA) is 67.9 Å². The molecule has 2 heterocycles. The van der Waals surface area contributed by atoms with E-state index in [-0.39, 0.29) is 30.5 Å². The number of rotatable bonds is 6. The molecular formula is C18H30N2O4. The quantitative estimate of drug-likeness (QED) is 0.796. The van der Waals surface area contributed by atoms with Crippen LogP contribution in [0.15, 0.2) is 0 Å². The third kappa shape index (κ3) is 4.93. The SMILES string of the molecule is O=C(CN1CCCCCC1=O)N[C@@H]1CCOC[C@H]1OCC1CCC1. The van der Waals surface area contributed by atoms with Crippen molar-refractivity contribution in [3.63, 3.8) is 0 Å².